The number of anilines is 4. The average molecular weight is 420 g/mol. The summed E-state index contributed by atoms with van der Waals surface area (Å²) in [5.74, 6) is 2.52. The zero-order chi connectivity index (χ0) is 21.6. The predicted octanol–water partition coefficient (Wildman–Crippen LogP) is 3.02. The summed E-state index contributed by atoms with van der Waals surface area (Å²) in [4.78, 5) is 27.6. The molecule has 9 heteroatoms. The number of carbonyl (C=O) groups excluding carboxylic acids is 1. The Balaban J connectivity index is 1.41. The van der Waals surface area contributed by atoms with E-state index in [2.05, 4.69) is 30.5 Å². The van der Waals surface area contributed by atoms with Gasteiger partial charge in [0, 0.05) is 42.8 Å². The lowest BCUT2D eigenvalue weighted by Gasteiger charge is -2.28. The third-order valence-electron chi connectivity index (χ3n) is 4.78. The van der Waals surface area contributed by atoms with Gasteiger partial charge >= 0.3 is 0 Å². The number of morpholine rings is 1. The average Bonchev–Trinajstić information content (AvgIpc) is 2.80. The number of aromatic nitrogens is 3. The van der Waals surface area contributed by atoms with Crippen LogP contribution in [0.2, 0.25) is 0 Å². The quantitative estimate of drug-likeness (QED) is 0.628. The van der Waals surface area contributed by atoms with Crippen LogP contribution >= 0.6 is 0 Å². The molecule has 0 aliphatic carbocycles. The minimum absolute atomic E-state index is 0.238. The maximum Gasteiger partial charge on any atom is 0.257 e. The van der Waals surface area contributed by atoms with Gasteiger partial charge < -0.3 is 25.0 Å². The molecule has 2 N–H and O–H groups in total. The molecular formula is C22H24N6O3. The number of carbonyl (C=O) groups is 1. The Bertz CT molecular complexity index is 1030. The molecule has 160 valence electrons. The number of ether oxygens (including phenoxy) is 2. The van der Waals surface area contributed by atoms with Crippen molar-refractivity contribution >= 4 is 28.9 Å². The molecule has 3 heterocycles. The highest BCUT2D eigenvalue weighted by Crippen LogP contribution is 2.22. The normalized spacial score (nSPS) is 13.5. The Morgan fingerprint density at radius 1 is 1.06 bits per heavy atom. The zero-order valence-corrected chi connectivity index (χ0v) is 17.5. The Morgan fingerprint density at radius 2 is 1.81 bits per heavy atom. The molecule has 9 nitrogen and oxygen atoms in total. The van der Waals surface area contributed by atoms with E-state index in [0.717, 1.165) is 30.4 Å². The second kappa shape index (κ2) is 9.40. The maximum absolute atomic E-state index is 12.4. The molecule has 1 aliphatic heterocycles. The van der Waals surface area contributed by atoms with Crippen LogP contribution in [-0.4, -0.2) is 54.3 Å². The van der Waals surface area contributed by atoms with Gasteiger partial charge in [-0.2, -0.15) is 0 Å². The summed E-state index contributed by atoms with van der Waals surface area (Å²) in [6, 6.07) is 12.7. The van der Waals surface area contributed by atoms with E-state index in [-0.39, 0.29) is 5.91 Å². The van der Waals surface area contributed by atoms with E-state index in [9.17, 15) is 4.79 Å². The summed E-state index contributed by atoms with van der Waals surface area (Å²) in [6.45, 7) is 4.90. The molecule has 0 unspecified atom stereocenters. The van der Waals surface area contributed by atoms with E-state index in [1.807, 2.05) is 37.3 Å². The first-order valence-electron chi connectivity index (χ1n) is 9.97. The van der Waals surface area contributed by atoms with Crippen molar-refractivity contribution in [2.45, 2.75) is 6.92 Å². The van der Waals surface area contributed by atoms with Crippen molar-refractivity contribution < 1.29 is 14.3 Å². The number of nitrogens with one attached hydrogen (secondary N) is 2. The van der Waals surface area contributed by atoms with E-state index >= 15 is 0 Å². The number of hydrogen-bond acceptors (Lipinski definition) is 8. The van der Waals surface area contributed by atoms with Crippen LogP contribution in [0.5, 0.6) is 5.88 Å². The topological polar surface area (TPSA) is 102 Å². The predicted molar refractivity (Wildman–Crippen MR) is 118 cm³/mol. The number of pyridine rings is 1. The van der Waals surface area contributed by atoms with Gasteiger partial charge in [-0.25, -0.2) is 15.0 Å². The van der Waals surface area contributed by atoms with Gasteiger partial charge in [-0.3, -0.25) is 4.79 Å². The molecule has 0 atom stereocenters. The van der Waals surface area contributed by atoms with E-state index in [4.69, 9.17) is 9.47 Å². The number of amides is 1. The van der Waals surface area contributed by atoms with Crippen molar-refractivity contribution in [3.63, 3.8) is 0 Å². The number of methoxy groups -OCH3 is 1. The first kappa shape index (κ1) is 20.5. The number of hydrogen-bond donors (Lipinski definition) is 2. The van der Waals surface area contributed by atoms with Crippen LogP contribution in [0.4, 0.5) is 23.0 Å². The SMILES string of the molecule is COc1ccc(C(=O)Nc2ccc(Nc3cc(N4CCOCC4)nc(C)n3)cc2)cn1. The lowest BCUT2D eigenvalue weighted by molar-refractivity contribution is 0.102. The Labute approximate surface area is 180 Å². The van der Waals surface area contributed by atoms with Crippen LogP contribution in [0.25, 0.3) is 0 Å². The van der Waals surface area contributed by atoms with Crippen molar-refractivity contribution in [3.8, 4) is 5.88 Å². The molecular weight excluding hydrogens is 396 g/mol. The molecule has 1 saturated heterocycles. The second-order valence-electron chi connectivity index (χ2n) is 7.00. The largest absolute Gasteiger partial charge is 0.481 e. The Kier molecular flexibility index (Phi) is 6.23. The highest BCUT2D eigenvalue weighted by molar-refractivity contribution is 6.04. The van der Waals surface area contributed by atoms with E-state index in [1.165, 1.54) is 13.3 Å². The van der Waals surface area contributed by atoms with Crippen LogP contribution in [-0.2, 0) is 4.74 Å². The van der Waals surface area contributed by atoms with Crippen molar-refractivity contribution in [3.05, 3.63) is 60.0 Å². The number of nitrogens with zero attached hydrogens (tertiary/aromatic N) is 4. The third-order valence-corrected chi connectivity index (χ3v) is 4.78. The van der Waals surface area contributed by atoms with Crippen LogP contribution in [0.15, 0.2) is 48.7 Å². The summed E-state index contributed by atoms with van der Waals surface area (Å²) >= 11 is 0. The zero-order valence-electron chi connectivity index (χ0n) is 17.5. The first-order chi connectivity index (χ1) is 15.1. The summed E-state index contributed by atoms with van der Waals surface area (Å²) in [7, 11) is 1.53. The fourth-order valence-corrected chi connectivity index (χ4v) is 3.19. The van der Waals surface area contributed by atoms with Crippen LogP contribution < -0.4 is 20.3 Å². The molecule has 1 aliphatic rings. The summed E-state index contributed by atoms with van der Waals surface area (Å²) in [6.07, 6.45) is 1.48. The third kappa shape index (κ3) is 5.26. The molecule has 31 heavy (non-hydrogen) atoms. The van der Waals surface area contributed by atoms with Crippen LogP contribution in [0.1, 0.15) is 16.2 Å². The van der Waals surface area contributed by atoms with Crippen molar-refractivity contribution in [1.29, 1.82) is 0 Å². The molecule has 0 bridgehead atoms. The fourth-order valence-electron chi connectivity index (χ4n) is 3.19. The number of benzene rings is 1. The smallest absolute Gasteiger partial charge is 0.257 e. The molecule has 1 fully saturated rings. The van der Waals surface area contributed by atoms with Crippen molar-refractivity contribution in [2.24, 2.45) is 0 Å². The fraction of sp³-hybridized carbons (Fsp3) is 0.273. The van der Waals surface area contributed by atoms with E-state index in [1.54, 1.807) is 12.1 Å². The molecule has 1 amide bonds. The van der Waals surface area contributed by atoms with Gasteiger partial charge in [-0.05, 0) is 37.3 Å². The number of rotatable bonds is 6. The molecule has 2 aromatic heterocycles. The lowest BCUT2D eigenvalue weighted by atomic mass is 10.2. The standard InChI is InChI=1S/C22H24N6O3/c1-15-24-19(13-20(25-15)28-9-11-31-12-10-28)26-17-4-6-18(7-5-17)27-22(29)16-3-8-21(30-2)23-14-16/h3-8,13-14H,9-12H2,1-2H3,(H,27,29)(H,24,25,26). The van der Waals surface area contributed by atoms with Crippen LogP contribution in [0.3, 0.4) is 0 Å². The molecule has 0 radical (unpaired) electrons. The van der Waals surface area contributed by atoms with Crippen LogP contribution in [0, 0.1) is 6.92 Å². The number of aryl methyl sites for hydroxylation is 1. The minimum Gasteiger partial charge on any atom is -0.481 e. The molecule has 3 aromatic rings. The molecule has 0 saturated carbocycles. The van der Waals surface area contributed by atoms with E-state index in [0.29, 0.717) is 36.2 Å². The lowest BCUT2D eigenvalue weighted by Crippen LogP contribution is -2.36. The first-order valence-corrected chi connectivity index (χ1v) is 9.97. The van der Waals surface area contributed by atoms with Gasteiger partial charge in [0.1, 0.15) is 17.5 Å². The molecule has 4 rings (SSSR count). The summed E-state index contributed by atoms with van der Waals surface area (Å²) < 4.78 is 10.4. The van der Waals surface area contributed by atoms with Gasteiger partial charge in [0.25, 0.3) is 5.91 Å². The van der Waals surface area contributed by atoms with Gasteiger partial charge in [0.2, 0.25) is 5.88 Å². The van der Waals surface area contributed by atoms with Gasteiger partial charge in [0.15, 0.2) is 0 Å². The van der Waals surface area contributed by atoms with Crippen molar-refractivity contribution in [2.75, 3.05) is 48.9 Å². The molecule has 1 aromatic carbocycles. The Morgan fingerprint density at radius 3 is 2.48 bits per heavy atom. The second-order valence-corrected chi connectivity index (χ2v) is 7.00. The maximum atomic E-state index is 12.4. The highest BCUT2D eigenvalue weighted by Gasteiger charge is 2.14. The summed E-state index contributed by atoms with van der Waals surface area (Å²) in [5.41, 5.74) is 1.99. The van der Waals surface area contributed by atoms with Gasteiger partial charge in [-0.15, -0.1) is 0 Å². The summed E-state index contributed by atoms with van der Waals surface area (Å²) in [5, 5.41) is 6.16. The Hall–Kier alpha value is -3.72. The monoisotopic (exact) mass is 420 g/mol. The van der Waals surface area contributed by atoms with Gasteiger partial charge in [0.05, 0.1) is 25.9 Å². The van der Waals surface area contributed by atoms with E-state index < -0.39 is 0 Å². The minimum atomic E-state index is -0.238. The molecule has 0 spiro atoms. The van der Waals surface area contributed by atoms with Gasteiger partial charge in [-0.1, -0.05) is 0 Å². The van der Waals surface area contributed by atoms with Crippen molar-refractivity contribution in [1.82, 2.24) is 15.0 Å². The highest BCUT2D eigenvalue weighted by atomic mass is 16.5.